The predicted molar refractivity (Wildman–Crippen MR) is 68.2 cm³/mol. The van der Waals surface area contributed by atoms with E-state index < -0.39 is 0 Å². The van der Waals surface area contributed by atoms with Gasteiger partial charge < -0.3 is 10.6 Å². The van der Waals surface area contributed by atoms with E-state index >= 15 is 0 Å². The number of rotatable bonds is 3. The topological polar surface area (TPSA) is 24.1 Å². The molecule has 1 aromatic rings. The van der Waals surface area contributed by atoms with Crippen molar-refractivity contribution in [2.24, 2.45) is 0 Å². The fraction of sp³-hybridized carbons (Fsp3) is 0.500. The molecule has 1 saturated heterocycles. The first-order valence-electron chi connectivity index (χ1n) is 5.68. The van der Waals surface area contributed by atoms with Crippen molar-refractivity contribution in [3.63, 3.8) is 0 Å². The van der Waals surface area contributed by atoms with Crippen LogP contribution in [0.5, 0.6) is 0 Å². The third kappa shape index (κ3) is 3.19. The molecule has 1 aromatic carbocycles. The third-order valence-corrected chi connectivity index (χ3v) is 3.38. The molecule has 1 aliphatic rings. The van der Waals surface area contributed by atoms with Crippen LogP contribution in [0.4, 0.5) is 10.1 Å². The van der Waals surface area contributed by atoms with Gasteiger partial charge in [-0.25, -0.2) is 4.39 Å². The summed E-state index contributed by atoms with van der Waals surface area (Å²) in [6.45, 7) is 1.87. The van der Waals surface area contributed by atoms with Crippen LogP contribution in [0.15, 0.2) is 22.7 Å². The highest BCUT2D eigenvalue weighted by Crippen LogP contribution is 2.19. The molecular weight excluding hydrogens is 271 g/mol. The maximum atomic E-state index is 13.5. The zero-order chi connectivity index (χ0) is 11.4. The van der Waals surface area contributed by atoms with E-state index in [0.29, 0.717) is 11.7 Å². The van der Waals surface area contributed by atoms with Gasteiger partial charge in [0.05, 0.1) is 5.69 Å². The molecular formula is C12H16BrFN2. The quantitative estimate of drug-likeness (QED) is 0.892. The molecule has 1 aliphatic heterocycles. The molecule has 0 aromatic heterocycles. The molecule has 0 aliphatic carbocycles. The first-order valence-corrected chi connectivity index (χ1v) is 6.47. The van der Waals surface area contributed by atoms with Gasteiger partial charge in [-0.1, -0.05) is 22.4 Å². The van der Waals surface area contributed by atoms with Gasteiger partial charge in [-0.2, -0.15) is 0 Å². The fourth-order valence-electron chi connectivity index (χ4n) is 1.96. The molecule has 1 atom stereocenters. The van der Waals surface area contributed by atoms with Gasteiger partial charge in [0.1, 0.15) is 5.82 Å². The third-order valence-electron chi connectivity index (χ3n) is 2.88. The molecule has 0 spiro atoms. The van der Waals surface area contributed by atoms with Crippen molar-refractivity contribution < 1.29 is 4.39 Å². The minimum Gasteiger partial charge on any atom is -0.381 e. The second kappa shape index (κ2) is 5.64. The second-order valence-electron chi connectivity index (χ2n) is 4.15. The molecule has 4 heteroatoms. The van der Waals surface area contributed by atoms with E-state index in [1.807, 2.05) is 6.07 Å². The van der Waals surface area contributed by atoms with Crippen LogP contribution < -0.4 is 10.6 Å². The zero-order valence-electron chi connectivity index (χ0n) is 9.10. The standard InChI is InChI=1S/C12H16BrFN2/c13-9-4-5-12(11(14)7-9)16-8-10-3-1-2-6-15-10/h4-5,7,10,15-16H,1-3,6,8H2. The van der Waals surface area contributed by atoms with Gasteiger partial charge in [0.15, 0.2) is 0 Å². The normalized spacial score (nSPS) is 20.8. The summed E-state index contributed by atoms with van der Waals surface area (Å²) in [5.74, 6) is -0.204. The molecule has 2 nitrogen and oxygen atoms in total. The van der Waals surface area contributed by atoms with Crippen molar-refractivity contribution >= 4 is 21.6 Å². The fourth-order valence-corrected chi connectivity index (χ4v) is 2.30. The van der Waals surface area contributed by atoms with Gasteiger partial charge in [-0.15, -0.1) is 0 Å². The van der Waals surface area contributed by atoms with Crippen LogP contribution in [0, 0.1) is 5.82 Å². The van der Waals surface area contributed by atoms with E-state index in [0.717, 1.165) is 17.6 Å². The van der Waals surface area contributed by atoms with Crippen molar-refractivity contribution in [3.05, 3.63) is 28.5 Å². The number of hydrogen-bond acceptors (Lipinski definition) is 2. The SMILES string of the molecule is Fc1cc(Br)ccc1NCC1CCCCN1. The van der Waals surface area contributed by atoms with Gasteiger partial charge in [-0.3, -0.25) is 0 Å². The minimum atomic E-state index is -0.204. The molecule has 2 N–H and O–H groups in total. The Balaban J connectivity index is 1.88. The Hall–Kier alpha value is -0.610. The number of nitrogens with one attached hydrogen (secondary N) is 2. The van der Waals surface area contributed by atoms with Crippen molar-refractivity contribution in [2.45, 2.75) is 25.3 Å². The van der Waals surface area contributed by atoms with Gasteiger partial charge in [-0.05, 0) is 37.6 Å². The molecule has 1 unspecified atom stereocenters. The maximum Gasteiger partial charge on any atom is 0.147 e. The van der Waals surface area contributed by atoms with Crippen LogP contribution >= 0.6 is 15.9 Å². The number of anilines is 1. The summed E-state index contributed by atoms with van der Waals surface area (Å²) in [4.78, 5) is 0. The van der Waals surface area contributed by atoms with Gasteiger partial charge in [0, 0.05) is 17.1 Å². The highest BCUT2D eigenvalue weighted by atomic mass is 79.9. The second-order valence-corrected chi connectivity index (χ2v) is 5.07. The Bertz CT molecular complexity index is 351. The molecule has 16 heavy (non-hydrogen) atoms. The van der Waals surface area contributed by atoms with Crippen molar-refractivity contribution in [3.8, 4) is 0 Å². The maximum absolute atomic E-state index is 13.5. The summed E-state index contributed by atoms with van der Waals surface area (Å²) < 4.78 is 14.3. The molecule has 1 heterocycles. The van der Waals surface area contributed by atoms with Crippen LogP contribution in [-0.4, -0.2) is 19.1 Å². The summed E-state index contributed by atoms with van der Waals surface area (Å²) in [5, 5.41) is 6.58. The van der Waals surface area contributed by atoms with Crippen LogP contribution in [0.3, 0.4) is 0 Å². The van der Waals surface area contributed by atoms with E-state index in [1.165, 1.54) is 25.3 Å². The average Bonchev–Trinajstić information content (AvgIpc) is 2.29. The smallest absolute Gasteiger partial charge is 0.147 e. The highest BCUT2D eigenvalue weighted by Gasteiger charge is 2.12. The summed E-state index contributed by atoms with van der Waals surface area (Å²) in [5.41, 5.74) is 0.579. The summed E-state index contributed by atoms with van der Waals surface area (Å²) >= 11 is 3.24. The molecule has 1 fully saturated rings. The van der Waals surface area contributed by atoms with Crippen LogP contribution in [0.2, 0.25) is 0 Å². The van der Waals surface area contributed by atoms with Gasteiger partial charge in [0.25, 0.3) is 0 Å². The lowest BCUT2D eigenvalue weighted by atomic mass is 10.1. The molecule has 0 amide bonds. The van der Waals surface area contributed by atoms with Crippen molar-refractivity contribution in [1.29, 1.82) is 0 Å². The Morgan fingerprint density at radius 1 is 1.44 bits per heavy atom. The molecule has 88 valence electrons. The summed E-state index contributed by atoms with van der Waals surface area (Å²) in [6.07, 6.45) is 3.69. The van der Waals surface area contributed by atoms with E-state index in [2.05, 4.69) is 26.6 Å². The van der Waals surface area contributed by atoms with Gasteiger partial charge in [0.2, 0.25) is 0 Å². The van der Waals surface area contributed by atoms with E-state index in [-0.39, 0.29) is 5.82 Å². The number of hydrogen-bond donors (Lipinski definition) is 2. The summed E-state index contributed by atoms with van der Waals surface area (Å²) in [7, 11) is 0. The molecule has 0 bridgehead atoms. The molecule has 0 radical (unpaired) electrons. The first kappa shape index (κ1) is 11.9. The zero-order valence-corrected chi connectivity index (χ0v) is 10.7. The lowest BCUT2D eigenvalue weighted by Crippen LogP contribution is -2.39. The Labute approximate surface area is 104 Å². The van der Waals surface area contributed by atoms with Crippen molar-refractivity contribution in [1.82, 2.24) is 5.32 Å². The molecule has 2 rings (SSSR count). The monoisotopic (exact) mass is 286 g/mol. The van der Waals surface area contributed by atoms with E-state index in [4.69, 9.17) is 0 Å². The lowest BCUT2D eigenvalue weighted by molar-refractivity contribution is 0.414. The van der Waals surface area contributed by atoms with Crippen LogP contribution in [0.1, 0.15) is 19.3 Å². The summed E-state index contributed by atoms with van der Waals surface area (Å²) in [6, 6.07) is 5.57. The Morgan fingerprint density at radius 3 is 3.00 bits per heavy atom. The predicted octanol–water partition coefficient (Wildman–Crippen LogP) is 3.14. The van der Waals surface area contributed by atoms with Crippen molar-refractivity contribution in [2.75, 3.05) is 18.4 Å². The number of halogens is 2. The average molecular weight is 287 g/mol. The first-order chi connectivity index (χ1) is 7.75. The minimum absolute atomic E-state index is 0.204. The Morgan fingerprint density at radius 2 is 2.31 bits per heavy atom. The van der Waals surface area contributed by atoms with Gasteiger partial charge >= 0.3 is 0 Å². The van der Waals surface area contributed by atoms with E-state index in [1.54, 1.807) is 6.07 Å². The number of piperidine rings is 1. The lowest BCUT2D eigenvalue weighted by Gasteiger charge is -2.24. The number of benzene rings is 1. The largest absolute Gasteiger partial charge is 0.381 e. The molecule has 0 saturated carbocycles. The highest BCUT2D eigenvalue weighted by molar-refractivity contribution is 9.10. The van der Waals surface area contributed by atoms with Crippen LogP contribution in [-0.2, 0) is 0 Å². The Kier molecular flexibility index (Phi) is 4.18. The van der Waals surface area contributed by atoms with Crippen LogP contribution in [0.25, 0.3) is 0 Å². The van der Waals surface area contributed by atoms with E-state index in [9.17, 15) is 4.39 Å².